The van der Waals surface area contributed by atoms with Gasteiger partial charge in [-0.1, -0.05) is 36.4 Å². The first kappa shape index (κ1) is 20.1. The number of ether oxygens (including phenoxy) is 1. The molecule has 0 fully saturated rings. The third-order valence-electron chi connectivity index (χ3n) is 3.11. The van der Waals surface area contributed by atoms with Gasteiger partial charge in [-0.25, -0.2) is 0 Å². The zero-order valence-electron chi connectivity index (χ0n) is 14.5. The maximum absolute atomic E-state index is 12.0. The summed E-state index contributed by atoms with van der Waals surface area (Å²) in [5.74, 6) is -1.01. The third-order valence-corrected chi connectivity index (χ3v) is 3.11. The topological polar surface area (TPSA) is 98.5 Å². The predicted molar refractivity (Wildman–Crippen MR) is 93.8 cm³/mol. The summed E-state index contributed by atoms with van der Waals surface area (Å²) >= 11 is 0. The van der Waals surface area contributed by atoms with E-state index in [9.17, 15) is 19.7 Å². The van der Waals surface area contributed by atoms with Crippen LogP contribution in [0, 0.1) is 10.1 Å². The van der Waals surface area contributed by atoms with Gasteiger partial charge in [0, 0.05) is 12.1 Å². The number of nitrogens with one attached hydrogen (secondary N) is 1. The van der Waals surface area contributed by atoms with E-state index in [0.29, 0.717) is 0 Å². The van der Waals surface area contributed by atoms with E-state index in [1.54, 1.807) is 39.0 Å². The average molecular weight is 346 g/mol. The molecular weight excluding hydrogens is 324 g/mol. The third kappa shape index (κ3) is 6.99. The number of rotatable bonds is 8. The Morgan fingerprint density at radius 1 is 1.28 bits per heavy atom. The van der Waals surface area contributed by atoms with Gasteiger partial charge in [-0.05, 0) is 20.8 Å². The molecule has 7 heteroatoms. The lowest BCUT2D eigenvalue weighted by Crippen LogP contribution is -2.30. The lowest BCUT2D eigenvalue weighted by Gasteiger charge is -2.18. The largest absolute Gasteiger partial charge is 0.463 e. The van der Waals surface area contributed by atoms with Crippen LogP contribution in [0.15, 0.2) is 48.6 Å². The number of para-hydroxylation sites is 1. The first-order valence-corrected chi connectivity index (χ1v) is 7.87. The molecule has 0 spiro atoms. The highest BCUT2D eigenvalue weighted by molar-refractivity contribution is 5.88. The second-order valence-corrected chi connectivity index (χ2v) is 5.50. The van der Waals surface area contributed by atoms with E-state index in [-0.39, 0.29) is 23.8 Å². The van der Waals surface area contributed by atoms with E-state index in [2.05, 4.69) is 5.32 Å². The predicted octanol–water partition coefficient (Wildman–Crippen LogP) is 3.23. The van der Waals surface area contributed by atoms with Gasteiger partial charge in [0.1, 0.15) is 0 Å². The lowest BCUT2D eigenvalue weighted by atomic mass is 10.0. The number of esters is 1. The molecule has 1 N–H and O–H groups in total. The van der Waals surface area contributed by atoms with Crippen LogP contribution in [-0.4, -0.2) is 22.9 Å². The Morgan fingerprint density at radius 3 is 2.56 bits per heavy atom. The molecule has 0 aliphatic carbocycles. The van der Waals surface area contributed by atoms with Gasteiger partial charge in [-0.15, -0.1) is 0 Å². The summed E-state index contributed by atoms with van der Waals surface area (Å²) in [6.07, 6.45) is 5.74. The number of carbonyl (C=O) groups is 2. The van der Waals surface area contributed by atoms with Crippen LogP contribution < -0.4 is 5.32 Å². The van der Waals surface area contributed by atoms with Crippen LogP contribution in [0.3, 0.4) is 0 Å². The molecule has 1 amide bonds. The lowest BCUT2D eigenvalue weighted by molar-refractivity contribution is -0.385. The highest BCUT2D eigenvalue weighted by Gasteiger charge is 2.26. The molecule has 134 valence electrons. The summed E-state index contributed by atoms with van der Waals surface area (Å²) in [7, 11) is 0. The summed E-state index contributed by atoms with van der Waals surface area (Å²) in [6.45, 7) is 5.22. The number of nitro benzene ring substituents is 1. The summed E-state index contributed by atoms with van der Waals surface area (Å²) < 4.78 is 5.09. The molecule has 1 aromatic carbocycles. The molecule has 1 rings (SSSR count). The van der Waals surface area contributed by atoms with E-state index >= 15 is 0 Å². The second-order valence-electron chi connectivity index (χ2n) is 5.50. The molecule has 7 nitrogen and oxygen atoms in total. The number of nitrogens with zero attached hydrogens (tertiary/aromatic N) is 1. The molecule has 0 saturated heterocycles. The zero-order chi connectivity index (χ0) is 18.8. The van der Waals surface area contributed by atoms with Crippen LogP contribution in [0.1, 0.15) is 38.8 Å². The average Bonchev–Trinajstić information content (AvgIpc) is 2.53. The fourth-order valence-electron chi connectivity index (χ4n) is 2.14. The van der Waals surface area contributed by atoms with Crippen molar-refractivity contribution in [3.05, 3.63) is 64.2 Å². The number of hydrogen-bond acceptors (Lipinski definition) is 5. The fourth-order valence-corrected chi connectivity index (χ4v) is 2.14. The van der Waals surface area contributed by atoms with Gasteiger partial charge < -0.3 is 10.1 Å². The summed E-state index contributed by atoms with van der Waals surface area (Å²) in [6, 6.07) is 5.12. The van der Waals surface area contributed by atoms with Crippen molar-refractivity contribution in [1.29, 1.82) is 0 Å². The van der Waals surface area contributed by atoms with E-state index in [1.807, 2.05) is 0 Å². The van der Waals surface area contributed by atoms with Crippen molar-refractivity contribution >= 4 is 17.6 Å². The number of carbonyl (C=O) groups excluding carboxylic acids is 2. The monoisotopic (exact) mass is 346 g/mol. The Labute approximate surface area is 146 Å². The summed E-state index contributed by atoms with van der Waals surface area (Å²) in [4.78, 5) is 34.7. The normalized spacial score (nSPS) is 12.5. The Morgan fingerprint density at radius 2 is 1.96 bits per heavy atom. The molecule has 0 aliphatic rings. The van der Waals surface area contributed by atoms with Crippen LogP contribution in [0.2, 0.25) is 0 Å². The van der Waals surface area contributed by atoms with Crippen molar-refractivity contribution in [2.75, 3.05) is 0 Å². The second kappa shape index (κ2) is 10.0. The molecule has 0 radical (unpaired) electrons. The number of benzene rings is 1. The maximum atomic E-state index is 12.0. The molecule has 0 aliphatic heterocycles. The number of allylic oxidation sites excluding steroid dienone is 3. The molecule has 0 heterocycles. The molecule has 25 heavy (non-hydrogen) atoms. The standard InChI is InChI=1S/C18H22N2O5/c1-4-5-6-11-17(21)19-15(12-18(22)25-13(2)3)14-9-7-8-10-16(14)20(23)24/h4-11,13,15H,12H2,1-3H3,(H,19,21)/b5-4+,11-6+. The van der Waals surface area contributed by atoms with Crippen molar-refractivity contribution in [1.82, 2.24) is 5.32 Å². The molecule has 1 aromatic rings. The van der Waals surface area contributed by atoms with Crippen molar-refractivity contribution < 1.29 is 19.2 Å². The molecular formula is C18H22N2O5. The highest BCUT2D eigenvalue weighted by atomic mass is 16.6. The SMILES string of the molecule is C/C=C/C=C/C(=O)NC(CC(=O)OC(C)C)c1ccccc1[N+](=O)[O-]. The molecule has 1 atom stereocenters. The van der Waals surface area contributed by atoms with Crippen LogP contribution in [-0.2, 0) is 14.3 Å². The van der Waals surface area contributed by atoms with Gasteiger partial charge >= 0.3 is 5.97 Å². The summed E-state index contributed by atoms with van der Waals surface area (Å²) in [5, 5.41) is 13.9. The maximum Gasteiger partial charge on any atom is 0.308 e. The van der Waals surface area contributed by atoms with Gasteiger partial charge in [-0.3, -0.25) is 19.7 Å². The van der Waals surface area contributed by atoms with Crippen molar-refractivity contribution in [2.45, 2.75) is 39.3 Å². The fraction of sp³-hybridized carbons (Fsp3) is 0.333. The quantitative estimate of drug-likeness (QED) is 0.256. The smallest absolute Gasteiger partial charge is 0.308 e. The van der Waals surface area contributed by atoms with E-state index < -0.39 is 22.8 Å². The Bertz CT molecular complexity index is 680. The number of nitro groups is 1. The van der Waals surface area contributed by atoms with Gasteiger partial charge in [0.2, 0.25) is 5.91 Å². The minimum absolute atomic E-state index is 0.164. The molecule has 0 aromatic heterocycles. The van der Waals surface area contributed by atoms with Crippen LogP contribution in [0.25, 0.3) is 0 Å². The number of amides is 1. The van der Waals surface area contributed by atoms with E-state index in [1.165, 1.54) is 30.4 Å². The van der Waals surface area contributed by atoms with Crippen LogP contribution >= 0.6 is 0 Å². The van der Waals surface area contributed by atoms with Gasteiger partial charge in [0.15, 0.2) is 0 Å². The van der Waals surface area contributed by atoms with E-state index in [4.69, 9.17) is 4.74 Å². The molecule has 1 unspecified atom stereocenters. The summed E-state index contributed by atoms with van der Waals surface area (Å²) in [5.41, 5.74) is 0.0866. The minimum atomic E-state index is -0.865. The van der Waals surface area contributed by atoms with Crippen molar-refractivity contribution in [3.8, 4) is 0 Å². The highest BCUT2D eigenvalue weighted by Crippen LogP contribution is 2.27. The Balaban J connectivity index is 3.09. The minimum Gasteiger partial charge on any atom is -0.463 e. The Hall–Kier alpha value is -2.96. The molecule has 0 saturated carbocycles. The van der Waals surface area contributed by atoms with Crippen molar-refractivity contribution in [2.24, 2.45) is 0 Å². The van der Waals surface area contributed by atoms with Gasteiger partial charge in [0.05, 0.1) is 29.1 Å². The van der Waals surface area contributed by atoms with Crippen LogP contribution in [0.5, 0.6) is 0 Å². The Kier molecular flexibility index (Phi) is 8.05. The van der Waals surface area contributed by atoms with Crippen molar-refractivity contribution in [3.63, 3.8) is 0 Å². The van der Waals surface area contributed by atoms with Gasteiger partial charge in [0.25, 0.3) is 5.69 Å². The first-order chi connectivity index (χ1) is 11.8. The van der Waals surface area contributed by atoms with Crippen LogP contribution in [0.4, 0.5) is 5.69 Å². The van der Waals surface area contributed by atoms with Gasteiger partial charge in [-0.2, -0.15) is 0 Å². The van der Waals surface area contributed by atoms with E-state index in [0.717, 1.165) is 0 Å². The zero-order valence-corrected chi connectivity index (χ0v) is 14.5. The first-order valence-electron chi connectivity index (χ1n) is 7.87. The molecule has 0 bridgehead atoms. The number of hydrogen-bond donors (Lipinski definition) is 1.